The van der Waals surface area contributed by atoms with E-state index in [4.69, 9.17) is 0 Å². The lowest BCUT2D eigenvalue weighted by Gasteiger charge is -2.32. The van der Waals surface area contributed by atoms with Gasteiger partial charge in [0.05, 0.1) is 13.0 Å². The fourth-order valence-corrected chi connectivity index (χ4v) is 3.60. The summed E-state index contributed by atoms with van der Waals surface area (Å²) in [5.41, 5.74) is 3.41. The zero-order valence-corrected chi connectivity index (χ0v) is 16.8. The lowest BCUT2D eigenvalue weighted by atomic mass is 9.97. The predicted molar refractivity (Wildman–Crippen MR) is 109 cm³/mol. The summed E-state index contributed by atoms with van der Waals surface area (Å²) in [7, 11) is 1.72. The number of aromatic nitrogens is 6. The van der Waals surface area contributed by atoms with Gasteiger partial charge in [0.1, 0.15) is 0 Å². The second-order valence-electron chi connectivity index (χ2n) is 7.41. The van der Waals surface area contributed by atoms with Crippen LogP contribution in [0.5, 0.6) is 0 Å². The Balaban J connectivity index is 1.46. The summed E-state index contributed by atoms with van der Waals surface area (Å²) in [4.78, 5) is 25.5. The molecule has 1 saturated heterocycles. The Labute approximate surface area is 169 Å². The van der Waals surface area contributed by atoms with Crippen molar-refractivity contribution in [3.63, 3.8) is 0 Å². The second kappa shape index (κ2) is 7.94. The molecule has 2 aromatic heterocycles. The lowest BCUT2D eigenvalue weighted by Crippen LogP contribution is -2.41. The van der Waals surface area contributed by atoms with Crippen LogP contribution in [0, 0.1) is 19.8 Å². The summed E-state index contributed by atoms with van der Waals surface area (Å²) in [6, 6.07) is 9.45. The fourth-order valence-electron chi connectivity index (χ4n) is 3.60. The Kier molecular flexibility index (Phi) is 5.20. The average molecular weight is 392 g/mol. The van der Waals surface area contributed by atoms with Crippen molar-refractivity contribution >= 4 is 17.5 Å². The molecule has 9 nitrogen and oxygen atoms in total. The number of nitrogens with one attached hydrogen (secondary N) is 1. The molecule has 1 amide bonds. The van der Waals surface area contributed by atoms with Gasteiger partial charge in [-0.05, 0) is 50.1 Å². The first-order valence-electron chi connectivity index (χ1n) is 9.70. The molecule has 1 aliphatic heterocycles. The van der Waals surface area contributed by atoms with Gasteiger partial charge >= 0.3 is 0 Å². The molecule has 0 aliphatic carbocycles. The third-order valence-electron chi connectivity index (χ3n) is 4.94. The van der Waals surface area contributed by atoms with Crippen LogP contribution in [0.2, 0.25) is 0 Å². The van der Waals surface area contributed by atoms with E-state index in [1.165, 1.54) is 4.80 Å². The van der Waals surface area contributed by atoms with Crippen LogP contribution in [-0.4, -0.2) is 49.2 Å². The minimum Gasteiger partial charge on any atom is -0.340 e. The number of piperidine rings is 1. The van der Waals surface area contributed by atoms with Gasteiger partial charge in [-0.1, -0.05) is 12.1 Å². The number of hydrogen-bond donors (Lipinski definition) is 1. The molecule has 1 aromatic carbocycles. The van der Waals surface area contributed by atoms with E-state index in [2.05, 4.69) is 35.6 Å². The molecule has 9 heteroatoms. The van der Waals surface area contributed by atoms with Crippen LogP contribution in [0.4, 0.5) is 11.6 Å². The number of aryl methyl sites for hydroxylation is 3. The highest BCUT2D eigenvalue weighted by Crippen LogP contribution is 2.24. The van der Waals surface area contributed by atoms with Crippen LogP contribution >= 0.6 is 0 Å². The lowest BCUT2D eigenvalue weighted by molar-refractivity contribution is -0.120. The first-order valence-corrected chi connectivity index (χ1v) is 9.70. The first kappa shape index (κ1) is 19.0. The number of hydrogen-bond acceptors (Lipinski definition) is 7. The van der Waals surface area contributed by atoms with Gasteiger partial charge in [-0.3, -0.25) is 4.79 Å². The van der Waals surface area contributed by atoms with Crippen molar-refractivity contribution < 1.29 is 4.79 Å². The van der Waals surface area contributed by atoms with Crippen molar-refractivity contribution in [3.05, 3.63) is 41.7 Å². The maximum Gasteiger partial charge on any atom is 0.229 e. The van der Waals surface area contributed by atoms with Gasteiger partial charge in [0.15, 0.2) is 0 Å². The van der Waals surface area contributed by atoms with Gasteiger partial charge in [-0.2, -0.15) is 4.80 Å². The summed E-state index contributed by atoms with van der Waals surface area (Å²) < 4.78 is 0. The molecule has 0 radical (unpaired) electrons. The molecule has 0 unspecified atom stereocenters. The molecule has 1 fully saturated rings. The summed E-state index contributed by atoms with van der Waals surface area (Å²) in [6.45, 7) is 5.40. The van der Waals surface area contributed by atoms with E-state index in [-0.39, 0.29) is 11.8 Å². The van der Waals surface area contributed by atoms with Crippen LogP contribution in [0.15, 0.2) is 30.3 Å². The van der Waals surface area contributed by atoms with Crippen molar-refractivity contribution in [2.75, 3.05) is 23.3 Å². The number of benzene rings is 1. The molecule has 1 atom stereocenters. The monoisotopic (exact) mass is 392 g/mol. The van der Waals surface area contributed by atoms with E-state index in [1.807, 2.05) is 44.2 Å². The van der Waals surface area contributed by atoms with E-state index in [0.717, 1.165) is 42.0 Å². The Morgan fingerprint density at radius 2 is 1.97 bits per heavy atom. The van der Waals surface area contributed by atoms with E-state index in [0.29, 0.717) is 18.3 Å². The van der Waals surface area contributed by atoms with Gasteiger partial charge in [-0.15, -0.1) is 10.2 Å². The Morgan fingerprint density at radius 1 is 1.17 bits per heavy atom. The van der Waals surface area contributed by atoms with Crippen LogP contribution in [0.3, 0.4) is 0 Å². The van der Waals surface area contributed by atoms with Gasteiger partial charge in [0.2, 0.25) is 17.7 Å². The summed E-state index contributed by atoms with van der Waals surface area (Å²) in [5, 5.41) is 15.1. The van der Waals surface area contributed by atoms with Crippen LogP contribution in [0.1, 0.15) is 24.2 Å². The Bertz CT molecular complexity index is 1010. The zero-order chi connectivity index (χ0) is 20.4. The molecule has 3 aromatic rings. The van der Waals surface area contributed by atoms with Gasteiger partial charge in [0.25, 0.3) is 0 Å². The molecule has 1 aliphatic rings. The van der Waals surface area contributed by atoms with Crippen LogP contribution in [0.25, 0.3) is 11.4 Å². The van der Waals surface area contributed by atoms with E-state index in [9.17, 15) is 4.79 Å². The van der Waals surface area contributed by atoms with E-state index < -0.39 is 0 Å². The number of carbonyl (C=O) groups is 1. The fraction of sp³-hybridized carbons (Fsp3) is 0.400. The molecule has 29 heavy (non-hydrogen) atoms. The number of anilines is 2. The SMILES string of the molecule is Cc1cc(C)nc(N2CCC[C@@H](C(=O)Nc3cccc(-c4nnn(C)n4)c3)C2)n1. The predicted octanol–water partition coefficient (Wildman–Crippen LogP) is 2.14. The highest BCUT2D eigenvalue weighted by molar-refractivity contribution is 5.93. The van der Waals surface area contributed by atoms with Crippen molar-refractivity contribution in [2.24, 2.45) is 13.0 Å². The quantitative estimate of drug-likeness (QED) is 0.726. The summed E-state index contributed by atoms with van der Waals surface area (Å²) in [5.74, 6) is 1.12. The van der Waals surface area contributed by atoms with Crippen molar-refractivity contribution in [2.45, 2.75) is 26.7 Å². The maximum absolute atomic E-state index is 12.9. The smallest absolute Gasteiger partial charge is 0.229 e. The highest BCUT2D eigenvalue weighted by Gasteiger charge is 2.27. The molecule has 0 spiro atoms. The number of tetrazole rings is 1. The third kappa shape index (κ3) is 4.39. The van der Waals surface area contributed by atoms with Gasteiger partial charge in [-0.25, -0.2) is 9.97 Å². The number of nitrogens with zero attached hydrogens (tertiary/aromatic N) is 7. The Hall–Kier alpha value is -3.36. The standard InChI is InChI=1S/C20H24N8O/c1-13-10-14(2)22-20(21-13)28-9-5-7-16(12-28)19(29)23-17-8-4-6-15(11-17)18-24-26-27(3)25-18/h4,6,8,10-11,16H,5,7,9,12H2,1-3H3,(H,23,29)/t16-/m1/s1. The van der Waals surface area contributed by atoms with E-state index in [1.54, 1.807) is 7.05 Å². The summed E-state index contributed by atoms with van der Waals surface area (Å²) >= 11 is 0. The number of rotatable bonds is 4. The normalized spacial score (nSPS) is 16.7. The summed E-state index contributed by atoms with van der Waals surface area (Å²) in [6.07, 6.45) is 1.77. The van der Waals surface area contributed by atoms with Crippen molar-refractivity contribution in [1.82, 2.24) is 30.2 Å². The zero-order valence-electron chi connectivity index (χ0n) is 16.8. The molecule has 0 saturated carbocycles. The second-order valence-corrected chi connectivity index (χ2v) is 7.41. The van der Waals surface area contributed by atoms with Crippen LogP contribution in [-0.2, 0) is 11.8 Å². The first-order chi connectivity index (χ1) is 14.0. The molecular formula is C20H24N8O. The maximum atomic E-state index is 12.9. The topological polar surface area (TPSA) is 102 Å². The largest absolute Gasteiger partial charge is 0.340 e. The number of amides is 1. The molecule has 3 heterocycles. The average Bonchev–Trinajstić information content (AvgIpc) is 3.14. The highest BCUT2D eigenvalue weighted by atomic mass is 16.1. The minimum absolute atomic E-state index is 0.00308. The molecule has 1 N–H and O–H groups in total. The van der Waals surface area contributed by atoms with Crippen molar-refractivity contribution in [1.29, 1.82) is 0 Å². The number of carbonyl (C=O) groups excluding carboxylic acids is 1. The molecule has 0 bridgehead atoms. The van der Waals surface area contributed by atoms with Crippen LogP contribution < -0.4 is 10.2 Å². The van der Waals surface area contributed by atoms with Gasteiger partial charge in [0, 0.05) is 35.7 Å². The Morgan fingerprint density at radius 3 is 2.69 bits per heavy atom. The third-order valence-corrected chi connectivity index (χ3v) is 4.94. The molecule has 150 valence electrons. The minimum atomic E-state index is -0.119. The van der Waals surface area contributed by atoms with Crippen molar-refractivity contribution in [3.8, 4) is 11.4 Å². The van der Waals surface area contributed by atoms with E-state index >= 15 is 0 Å². The molecule has 4 rings (SSSR count). The van der Waals surface area contributed by atoms with Gasteiger partial charge < -0.3 is 10.2 Å². The molecular weight excluding hydrogens is 368 g/mol.